The SMILES string of the molecule is CCN1CCN(c2nc3ccc(OC(=O)C=Cc4ccc([N+](=O)[O-])cc4)cc3s2)CC1. The van der Waals surface area contributed by atoms with E-state index in [0.29, 0.717) is 11.3 Å². The van der Waals surface area contributed by atoms with E-state index < -0.39 is 10.9 Å². The molecule has 4 rings (SSSR count). The molecule has 0 amide bonds. The van der Waals surface area contributed by atoms with Gasteiger partial charge in [-0.3, -0.25) is 10.1 Å². The lowest BCUT2D eigenvalue weighted by molar-refractivity contribution is -0.384. The van der Waals surface area contributed by atoms with Crippen molar-refractivity contribution >= 4 is 44.4 Å². The number of benzene rings is 2. The van der Waals surface area contributed by atoms with Gasteiger partial charge in [0, 0.05) is 50.5 Å². The smallest absolute Gasteiger partial charge is 0.336 e. The van der Waals surface area contributed by atoms with Crippen molar-refractivity contribution in [3.63, 3.8) is 0 Å². The average Bonchev–Trinajstić information content (AvgIpc) is 3.21. The monoisotopic (exact) mass is 438 g/mol. The van der Waals surface area contributed by atoms with Crippen molar-refractivity contribution in [2.45, 2.75) is 6.92 Å². The molecular weight excluding hydrogens is 416 g/mol. The van der Waals surface area contributed by atoms with Gasteiger partial charge in [0.2, 0.25) is 0 Å². The number of rotatable bonds is 6. The number of likely N-dealkylation sites (N-methyl/N-ethyl adjacent to an activating group) is 1. The number of thiazole rings is 1. The summed E-state index contributed by atoms with van der Waals surface area (Å²) in [5.41, 5.74) is 1.57. The molecule has 3 aromatic rings. The van der Waals surface area contributed by atoms with E-state index in [-0.39, 0.29) is 5.69 Å². The minimum atomic E-state index is -0.516. The van der Waals surface area contributed by atoms with E-state index in [9.17, 15) is 14.9 Å². The third-order valence-electron chi connectivity index (χ3n) is 5.17. The van der Waals surface area contributed by atoms with Crippen LogP contribution in [0.15, 0.2) is 48.5 Å². The lowest BCUT2D eigenvalue weighted by Crippen LogP contribution is -2.46. The van der Waals surface area contributed by atoms with Crippen LogP contribution in [-0.4, -0.2) is 53.5 Å². The number of carbonyl (C=O) groups excluding carboxylic acids is 1. The Bertz CT molecular complexity index is 1120. The highest BCUT2D eigenvalue weighted by Gasteiger charge is 2.19. The second-order valence-corrected chi connectivity index (χ2v) is 8.16. The Hall–Kier alpha value is -3.30. The van der Waals surface area contributed by atoms with Crippen LogP contribution in [0.1, 0.15) is 12.5 Å². The van der Waals surface area contributed by atoms with E-state index in [1.54, 1.807) is 35.6 Å². The maximum atomic E-state index is 12.2. The summed E-state index contributed by atoms with van der Waals surface area (Å²) in [5.74, 6) is -0.0602. The topological polar surface area (TPSA) is 88.8 Å². The number of aromatic nitrogens is 1. The predicted molar refractivity (Wildman–Crippen MR) is 122 cm³/mol. The molecule has 2 aromatic carbocycles. The number of fused-ring (bicyclic) bond motifs is 1. The Morgan fingerprint density at radius 1 is 1.19 bits per heavy atom. The Morgan fingerprint density at radius 2 is 1.94 bits per heavy atom. The first kappa shape index (κ1) is 21.0. The fourth-order valence-electron chi connectivity index (χ4n) is 3.37. The van der Waals surface area contributed by atoms with E-state index in [1.807, 2.05) is 12.1 Å². The quantitative estimate of drug-likeness (QED) is 0.189. The summed E-state index contributed by atoms with van der Waals surface area (Å²) in [4.78, 5) is 31.8. The van der Waals surface area contributed by atoms with Crippen molar-refractivity contribution in [2.75, 3.05) is 37.6 Å². The van der Waals surface area contributed by atoms with Crippen molar-refractivity contribution in [1.82, 2.24) is 9.88 Å². The summed E-state index contributed by atoms with van der Waals surface area (Å²) in [6.07, 6.45) is 2.86. The number of nitro groups is 1. The Morgan fingerprint density at radius 3 is 2.61 bits per heavy atom. The molecule has 31 heavy (non-hydrogen) atoms. The lowest BCUT2D eigenvalue weighted by atomic mass is 10.2. The fourth-order valence-corrected chi connectivity index (χ4v) is 4.41. The van der Waals surface area contributed by atoms with Crippen LogP contribution in [0.3, 0.4) is 0 Å². The van der Waals surface area contributed by atoms with Crippen LogP contribution in [0.5, 0.6) is 5.75 Å². The number of hydrogen-bond donors (Lipinski definition) is 0. The predicted octanol–water partition coefficient (Wildman–Crippen LogP) is 3.97. The van der Waals surface area contributed by atoms with Gasteiger partial charge in [0.05, 0.1) is 15.1 Å². The number of piperazine rings is 1. The van der Waals surface area contributed by atoms with Crippen molar-refractivity contribution in [2.24, 2.45) is 0 Å². The molecule has 9 heteroatoms. The number of nitro benzene ring substituents is 1. The van der Waals surface area contributed by atoms with Gasteiger partial charge in [-0.15, -0.1) is 0 Å². The maximum Gasteiger partial charge on any atom is 0.336 e. The first-order valence-corrected chi connectivity index (χ1v) is 10.9. The largest absolute Gasteiger partial charge is 0.423 e. The molecule has 0 bridgehead atoms. The van der Waals surface area contributed by atoms with Gasteiger partial charge in [0.1, 0.15) is 5.75 Å². The molecule has 1 fully saturated rings. The van der Waals surface area contributed by atoms with Crippen LogP contribution in [0, 0.1) is 10.1 Å². The summed E-state index contributed by atoms with van der Waals surface area (Å²) in [7, 11) is 0. The van der Waals surface area contributed by atoms with E-state index in [1.165, 1.54) is 18.2 Å². The molecule has 0 unspecified atom stereocenters. The summed E-state index contributed by atoms with van der Waals surface area (Å²) >= 11 is 1.60. The van der Waals surface area contributed by atoms with E-state index in [4.69, 9.17) is 9.72 Å². The zero-order chi connectivity index (χ0) is 21.8. The molecule has 8 nitrogen and oxygen atoms in total. The van der Waals surface area contributed by atoms with Crippen molar-refractivity contribution in [3.05, 3.63) is 64.2 Å². The number of esters is 1. The molecule has 160 valence electrons. The number of carbonyl (C=O) groups is 1. The summed E-state index contributed by atoms with van der Waals surface area (Å²) in [6.45, 7) is 7.25. The molecule has 1 aliphatic heterocycles. The summed E-state index contributed by atoms with van der Waals surface area (Å²) in [5, 5.41) is 11.7. The second kappa shape index (κ2) is 9.23. The van der Waals surface area contributed by atoms with E-state index >= 15 is 0 Å². The Labute approximate surface area is 183 Å². The zero-order valence-corrected chi connectivity index (χ0v) is 17.9. The minimum absolute atomic E-state index is 0.00389. The molecular formula is C22H22N4O4S. The van der Waals surface area contributed by atoms with Gasteiger partial charge in [0.15, 0.2) is 5.13 Å². The van der Waals surface area contributed by atoms with Crippen molar-refractivity contribution in [1.29, 1.82) is 0 Å². The summed E-state index contributed by atoms with van der Waals surface area (Å²) < 4.78 is 6.38. The first-order chi connectivity index (χ1) is 15.0. The lowest BCUT2D eigenvalue weighted by Gasteiger charge is -2.33. The van der Waals surface area contributed by atoms with Gasteiger partial charge in [0.25, 0.3) is 5.69 Å². The third kappa shape index (κ3) is 5.07. The van der Waals surface area contributed by atoms with Gasteiger partial charge in [-0.1, -0.05) is 18.3 Å². The molecule has 0 N–H and O–H groups in total. The molecule has 0 spiro atoms. The van der Waals surface area contributed by atoms with Crippen LogP contribution < -0.4 is 9.64 Å². The van der Waals surface area contributed by atoms with Crippen molar-refractivity contribution < 1.29 is 14.5 Å². The van der Waals surface area contributed by atoms with Gasteiger partial charge in [-0.05, 0) is 42.4 Å². The minimum Gasteiger partial charge on any atom is -0.423 e. The average molecular weight is 439 g/mol. The summed E-state index contributed by atoms with van der Waals surface area (Å²) in [6, 6.07) is 11.4. The number of hydrogen-bond acceptors (Lipinski definition) is 8. The number of anilines is 1. The van der Waals surface area contributed by atoms with Crippen LogP contribution in [0.4, 0.5) is 10.8 Å². The molecule has 0 aliphatic carbocycles. The van der Waals surface area contributed by atoms with Gasteiger partial charge >= 0.3 is 5.97 Å². The molecule has 0 atom stereocenters. The molecule has 1 saturated heterocycles. The normalized spacial score (nSPS) is 14.9. The fraction of sp³-hybridized carbons (Fsp3) is 0.273. The zero-order valence-electron chi connectivity index (χ0n) is 17.1. The molecule has 1 aromatic heterocycles. The second-order valence-electron chi connectivity index (χ2n) is 7.15. The maximum absolute atomic E-state index is 12.2. The number of nitrogens with zero attached hydrogens (tertiary/aromatic N) is 4. The van der Waals surface area contributed by atoms with E-state index in [2.05, 4.69) is 16.7 Å². The van der Waals surface area contributed by atoms with Gasteiger partial charge in [-0.2, -0.15) is 0 Å². The van der Waals surface area contributed by atoms with Gasteiger partial charge < -0.3 is 14.5 Å². The van der Waals surface area contributed by atoms with Crippen LogP contribution in [0.25, 0.3) is 16.3 Å². The number of non-ortho nitro benzene ring substituents is 1. The third-order valence-corrected chi connectivity index (χ3v) is 6.25. The van der Waals surface area contributed by atoms with Crippen LogP contribution >= 0.6 is 11.3 Å². The Kier molecular flexibility index (Phi) is 6.24. The highest BCUT2D eigenvalue weighted by atomic mass is 32.1. The highest BCUT2D eigenvalue weighted by Crippen LogP contribution is 2.32. The standard InChI is InChI=1S/C22H22N4O4S/c1-2-24-11-13-25(14-12-24)22-23-19-9-8-18(15-20(19)31-22)30-21(27)10-5-16-3-6-17(7-4-16)26(28)29/h3-10,15H,2,11-14H2,1H3. The van der Waals surface area contributed by atoms with Crippen LogP contribution in [-0.2, 0) is 4.79 Å². The molecule has 1 aliphatic rings. The number of ether oxygens (including phenoxy) is 1. The molecule has 0 radical (unpaired) electrons. The highest BCUT2D eigenvalue weighted by molar-refractivity contribution is 7.22. The first-order valence-electron chi connectivity index (χ1n) is 10.0. The molecule has 2 heterocycles. The Balaban J connectivity index is 1.40. The molecule has 0 saturated carbocycles. The van der Waals surface area contributed by atoms with E-state index in [0.717, 1.165) is 48.1 Å². The van der Waals surface area contributed by atoms with Crippen molar-refractivity contribution in [3.8, 4) is 5.75 Å². The van der Waals surface area contributed by atoms with Gasteiger partial charge in [-0.25, -0.2) is 9.78 Å². The van der Waals surface area contributed by atoms with Crippen LogP contribution in [0.2, 0.25) is 0 Å².